The average molecular weight is 337 g/mol. The van der Waals surface area contributed by atoms with Crippen LogP contribution in [-0.2, 0) is 6.54 Å². The first kappa shape index (κ1) is 13.2. The Morgan fingerprint density at radius 2 is 2.07 bits per heavy atom. The molecule has 2 nitrogen and oxygen atoms in total. The van der Waals surface area contributed by atoms with Gasteiger partial charge in [-0.05, 0) is 56.0 Å². The average Bonchev–Trinajstić information content (AvgIpc) is 2.24. The van der Waals surface area contributed by atoms with Gasteiger partial charge in [-0.15, -0.1) is 0 Å². The second-order valence-corrected chi connectivity index (χ2v) is 5.13. The van der Waals surface area contributed by atoms with Crippen molar-refractivity contribution >= 4 is 31.9 Å². The van der Waals surface area contributed by atoms with Gasteiger partial charge in [-0.1, -0.05) is 13.0 Å². The number of benzene rings is 1. The monoisotopic (exact) mass is 335 g/mol. The molecule has 1 rings (SSSR count). The van der Waals surface area contributed by atoms with Crippen LogP contribution in [0.2, 0.25) is 0 Å². The summed E-state index contributed by atoms with van der Waals surface area (Å²) in [5.41, 5.74) is 1.21. The van der Waals surface area contributed by atoms with Gasteiger partial charge in [-0.2, -0.15) is 0 Å². The van der Waals surface area contributed by atoms with Crippen LogP contribution in [0.1, 0.15) is 18.9 Å². The van der Waals surface area contributed by atoms with Crippen LogP contribution in [0, 0.1) is 0 Å². The Morgan fingerprint density at radius 3 is 2.60 bits per heavy atom. The van der Waals surface area contributed by atoms with E-state index in [0.717, 1.165) is 21.9 Å². The van der Waals surface area contributed by atoms with Gasteiger partial charge < -0.3 is 10.4 Å². The number of halogens is 2. The minimum atomic E-state index is 0.187. The van der Waals surface area contributed by atoms with Gasteiger partial charge in [0, 0.05) is 21.5 Å². The summed E-state index contributed by atoms with van der Waals surface area (Å²) in [5, 5.41) is 12.3. The molecule has 84 valence electrons. The standard InChI is InChI=1S/C11H15Br2NO/c1-2-9(7-15)14-6-8-3-4-10(12)11(13)5-8/h3-5,9,14-15H,2,6-7H2,1H3/t9-/m0/s1. The maximum absolute atomic E-state index is 9.02. The molecule has 4 heteroatoms. The molecular formula is C11H15Br2NO. The summed E-state index contributed by atoms with van der Waals surface area (Å²) in [7, 11) is 0. The van der Waals surface area contributed by atoms with Crippen molar-refractivity contribution in [1.82, 2.24) is 5.32 Å². The topological polar surface area (TPSA) is 32.3 Å². The van der Waals surface area contributed by atoms with Gasteiger partial charge in [-0.3, -0.25) is 0 Å². The van der Waals surface area contributed by atoms with Crippen molar-refractivity contribution in [3.63, 3.8) is 0 Å². The van der Waals surface area contributed by atoms with Gasteiger partial charge in [0.15, 0.2) is 0 Å². The van der Waals surface area contributed by atoms with Crippen molar-refractivity contribution in [2.75, 3.05) is 6.61 Å². The van der Waals surface area contributed by atoms with E-state index in [-0.39, 0.29) is 12.6 Å². The van der Waals surface area contributed by atoms with Crippen LogP contribution < -0.4 is 5.32 Å². The summed E-state index contributed by atoms with van der Waals surface area (Å²) in [4.78, 5) is 0. The van der Waals surface area contributed by atoms with E-state index in [1.165, 1.54) is 5.56 Å². The molecule has 2 N–H and O–H groups in total. The van der Waals surface area contributed by atoms with Crippen LogP contribution in [0.3, 0.4) is 0 Å². The highest BCUT2D eigenvalue weighted by Crippen LogP contribution is 2.23. The molecule has 0 radical (unpaired) electrons. The van der Waals surface area contributed by atoms with E-state index < -0.39 is 0 Å². The molecule has 0 spiro atoms. The Morgan fingerprint density at radius 1 is 1.33 bits per heavy atom. The van der Waals surface area contributed by atoms with E-state index in [1.54, 1.807) is 0 Å². The van der Waals surface area contributed by atoms with E-state index in [1.807, 2.05) is 6.07 Å². The zero-order valence-electron chi connectivity index (χ0n) is 8.63. The quantitative estimate of drug-likeness (QED) is 0.866. The van der Waals surface area contributed by atoms with E-state index in [0.29, 0.717) is 0 Å². The van der Waals surface area contributed by atoms with Crippen molar-refractivity contribution < 1.29 is 5.11 Å². The fraction of sp³-hybridized carbons (Fsp3) is 0.455. The molecule has 1 aromatic carbocycles. The minimum Gasteiger partial charge on any atom is -0.395 e. The number of rotatable bonds is 5. The fourth-order valence-corrected chi connectivity index (χ4v) is 1.92. The zero-order chi connectivity index (χ0) is 11.3. The summed E-state index contributed by atoms with van der Waals surface area (Å²) < 4.78 is 2.11. The third-order valence-corrected chi connectivity index (χ3v) is 4.17. The lowest BCUT2D eigenvalue weighted by atomic mass is 10.2. The van der Waals surface area contributed by atoms with Gasteiger partial charge in [0.1, 0.15) is 0 Å². The number of hydrogen-bond acceptors (Lipinski definition) is 2. The summed E-state index contributed by atoms with van der Waals surface area (Å²) in [6, 6.07) is 6.33. The molecule has 0 amide bonds. The largest absolute Gasteiger partial charge is 0.395 e. The normalized spacial score (nSPS) is 12.8. The molecule has 0 bridgehead atoms. The summed E-state index contributed by atoms with van der Waals surface area (Å²) in [5.74, 6) is 0. The van der Waals surface area contributed by atoms with Crippen molar-refractivity contribution in [3.8, 4) is 0 Å². The summed E-state index contributed by atoms with van der Waals surface area (Å²) in [6.45, 7) is 3.03. The van der Waals surface area contributed by atoms with Crippen LogP contribution in [0.4, 0.5) is 0 Å². The lowest BCUT2D eigenvalue weighted by Crippen LogP contribution is -2.31. The van der Waals surface area contributed by atoms with E-state index in [4.69, 9.17) is 5.11 Å². The highest BCUT2D eigenvalue weighted by atomic mass is 79.9. The minimum absolute atomic E-state index is 0.187. The number of hydrogen-bond donors (Lipinski definition) is 2. The summed E-state index contributed by atoms with van der Waals surface area (Å²) in [6.07, 6.45) is 0.939. The molecule has 0 heterocycles. The lowest BCUT2D eigenvalue weighted by molar-refractivity contribution is 0.238. The molecule has 0 aliphatic heterocycles. The predicted octanol–water partition coefficient (Wildman–Crippen LogP) is 3.07. The van der Waals surface area contributed by atoms with Gasteiger partial charge in [0.25, 0.3) is 0 Å². The SMILES string of the molecule is CC[C@@H](CO)NCc1ccc(Br)c(Br)c1. The fourth-order valence-electron chi connectivity index (χ4n) is 1.25. The second kappa shape index (κ2) is 6.63. The molecule has 1 atom stereocenters. The Kier molecular flexibility index (Phi) is 5.82. The van der Waals surface area contributed by atoms with Gasteiger partial charge in [0.05, 0.1) is 6.61 Å². The molecule has 0 aliphatic rings. The van der Waals surface area contributed by atoms with E-state index >= 15 is 0 Å². The zero-order valence-corrected chi connectivity index (χ0v) is 11.8. The predicted molar refractivity (Wildman–Crippen MR) is 69.8 cm³/mol. The molecule has 0 aromatic heterocycles. The molecule has 0 fully saturated rings. The molecule has 15 heavy (non-hydrogen) atoms. The third kappa shape index (κ3) is 4.23. The maximum Gasteiger partial charge on any atom is 0.0584 e. The van der Waals surface area contributed by atoms with Gasteiger partial charge >= 0.3 is 0 Å². The first-order valence-corrected chi connectivity index (χ1v) is 6.54. The molecule has 0 unspecified atom stereocenters. The van der Waals surface area contributed by atoms with Crippen molar-refractivity contribution in [3.05, 3.63) is 32.7 Å². The van der Waals surface area contributed by atoms with Gasteiger partial charge in [0.2, 0.25) is 0 Å². The molecule has 0 aliphatic carbocycles. The maximum atomic E-state index is 9.02. The van der Waals surface area contributed by atoms with E-state index in [2.05, 4.69) is 56.2 Å². The molecule has 0 saturated heterocycles. The van der Waals surface area contributed by atoms with Crippen molar-refractivity contribution in [2.45, 2.75) is 25.9 Å². The summed E-state index contributed by atoms with van der Waals surface area (Å²) >= 11 is 6.89. The lowest BCUT2D eigenvalue weighted by Gasteiger charge is -2.14. The highest BCUT2D eigenvalue weighted by molar-refractivity contribution is 9.13. The third-order valence-electron chi connectivity index (χ3n) is 2.29. The molecule has 0 saturated carbocycles. The Bertz CT molecular complexity index is 313. The second-order valence-electron chi connectivity index (χ2n) is 3.42. The molecular weight excluding hydrogens is 322 g/mol. The Balaban J connectivity index is 2.54. The van der Waals surface area contributed by atoms with Crippen molar-refractivity contribution in [1.29, 1.82) is 0 Å². The first-order chi connectivity index (χ1) is 7.17. The number of aliphatic hydroxyl groups is 1. The van der Waals surface area contributed by atoms with Crippen LogP contribution in [0.15, 0.2) is 27.1 Å². The number of aliphatic hydroxyl groups excluding tert-OH is 1. The van der Waals surface area contributed by atoms with Crippen molar-refractivity contribution in [2.24, 2.45) is 0 Å². The van der Waals surface area contributed by atoms with Crippen LogP contribution in [-0.4, -0.2) is 17.8 Å². The van der Waals surface area contributed by atoms with E-state index in [9.17, 15) is 0 Å². The molecule has 1 aromatic rings. The van der Waals surface area contributed by atoms with Crippen LogP contribution in [0.5, 0.6) is 0 Å². The number of nitrogens with one attached hydrogen (secondary N) is 1. The smallest absolute Gasteiger partial charge is 0.0584 e. The Labute approximate surface area is 107 Å². The highest BCUT2D eigenvalue weighted by Gasteiger charge is 2.04. The van der Waals surface area contributed by atoms with Gasteiger partial charge in [-0.25, -0.2) is 0 Å². The first-order valence-electron chi connectivity index (χ1n) is 4.95. The Hall–Kier alpha value is 0.1000. The van der Waals surface area contributed by atoms with Crippen LogP contribution >= 0.6 is 31.9 Å². The van der Waals surface area contributed by atoms with Crippen LogP contribution in [0.25, 0.3) is 0 Å².